The predicted octanol–water partition coefficient (Wildman–Crippen LogP) is 1.72. The molecule has 1 rings (SSSR count). The normalized spacial score (nSPS) is 11.1. The standard InChI is InChI=1S/C8H6F3NO3/c9-8(10,11)4-15-5-1-2-12-6(3-5)7(13)14/h1-3H,4H2,(H,13,14). The van der Waals surface area contributed by atoms with Gasteiger partial charge in [-0.3, -0.25) is 0 Å². The SMILES string of the molecule is O=C(O)c1cc(OCC(F)(F)F)ccn1. The quantitative estimate of drug-likeness (QED) is 0.844. The number of hydrogen-bond acceptors (Lipinski definition) is 3. The topological polar surface area (TPSA) is 59.4 Å². The zero-order chi connectivity index (χ0) is 11.5. The molecular weight excluding hydrogens is 215 g/mol. The van der Waals surface area contributed by atoms with Gasteiger partial charge in [0.2, 0.25) is 0 Å². The van der Waals surface area contributed by atoms with E-state index in [1.807, 2.05) is 0 Å². The van der Waals surface area contributed by atoms with Crippen molar-refractivity contribution in [3.05, 3.63) is 24.0 Å². The van der Waals surface area contributed by atoms with Gasteiger partial charge in [-0.25, -0.2) is 9.78 Å². The summed E-state index contributed by atoms with van der Waals surface area (Å²) in [5.74, 6) is -1.51. The number of carbonyl (C=O) groups is 1. The van der Waals surface area contributed by atoms with Crippen LogP contribution in [0.1, 0.15) is 10.5 Å². The van der Waals surface area contributed by atoms with Crippen LogP contribution in [0.2, 0.25) is 0 Å². The van der Waals surface area contributed by atoms with Gasteiger partial charge in [-0.2, -0.15) is 13.2 Å². The fourth-order valence-corrected chi connectivity index (χ4v) is 0.783. The molecule has 0 aliphatic heterocycles. The van der Waals surface area contributed by atoms with E-state index in [0.717, 1.165) is 18.3 Å². The van der Waals surface area contributed by atoms with Gasteiger partial charge in [0.1, 0.15) is 5.75 Å². The van der Waals surface area contributed by atoms with E-state index in [0.29, 0.717) is 0 Å². The second kappa shape index (κ2) is 4.16. The van der Waals surface area contributed by atoms with Crippen LogP contribution in [-0.2, 0) is 0 Å². The Balaban J connectivity index is 2.70. The maximum Gasteiger partial charge on any atom is 0.422 e. The van der Waals surface area contributed by atoms with Crippen LogP contribution >= 0.6 is 0 Å². The third-order valence-corrected chi connectivity index (χ3v) is 1.35. The molecule has 0 fully saturated rings. The lowest BCUT2D eigenvalue weighted by atomic mass is 10.3. The van der Waals surface area contributed by atoms with Gasteiger partial charge in [0, 0.05) is 12.3 Å². The number of carboxylic acids is 1. The Labute approximate surface area is 82.3 Å². The third kappa shape index (κ3) is 3.84. The first-order valence-electron chi connectivity index (χ1n) is 3.77. The Morgan fingerprint density at radius 2 is 2.20 bits per heavy atom. The summed E-state index contributed by atoms with van der Waals surface area (Å²) in [4.78, 5) is 13.8. The van der Waals surface area contributed by atoms with Crippen molar-refractivity contribution in [2.45, 2.75) is 6.18 Å². The Bertz CT molecular complexity index is 364. The van der Waals surface area contributed by atoms with Crippen molar-refractivity contribution >= 4 is 5.97 Å². The van der Waals surface area contributed by atoms with Gasteiger partial charge >= 0.3 is 12.1 Å². The third-order valence-electron chi connectivity index (χ3n) is 1.35. The van der Waals surface area contributed by atoms with E-state index in [9.17, 15) is 18.0 Å². The number of alkyl halides is 3. The molecule has 1 heterocycles. The van der Waals surface area contributed by atoms with Crippen LogP contribution in [0.5, 0.6) is 5.75 Å². The zero-order valence-electron chi connectivity index (χ0n) is 7.28. The van der Waals surface area contributed by atoms with Gasteiger partial charge in [-0.15, -0.1) is 0 Å². The second-order valence-corrected chi connectivity index (χ2v) is 2.59. The maximum absolute atomic E-state index is 11.7. The van der Waals surface area contributed by atoms with Crippen LogP contribution in [0.15, 0.2) is 18.3 Å². The molecule has 0 atom stereocenters. The van der Waals surface area contributed by atoms with Crippen LogP contribution in [0.25, 0.3) is 0 Å². The average molecular weight is 221 g/mol. The van der Waals surface area contributed by atoms with Crippen LogP contribution in [-0.4, -0.2) is 28.8 Å². The van der Waals surface area contributed by atoms with Gasteiger partial charge in [0.15, 0.2) is 12.3 Å². The van der Waals surface area contributed by atoms with Crippen LogP contribution in [0.4, 0.5) is 13.2 Å². The largest absolute Gasteiger partial charge is 0.484 e. The van der Waals surface area contributed by atoms with Gasteiger partial charge in [-0.1, -0.05) is 0 Å². The lowest BCUT2D eigenvalue weighted by molar-refractivity contribution is -0.153. The van der Waals surface area contributed by atoms with E-state index < -0.39 is 18.8 Å². The second-order valence-electron chi connectivity index (χ2n) is 2.59. The molecule has 1 N–H and O–H groups in total. The number of aromatic nitrogens is 1. The number of halogens is 3. The highest BCUT2D eigenvalue weighted by molar-refractivity contribution is 5.85. The van der Waals surface area contributed by atoms with Crippen LogP contribution in [0.3, 0.4) is 0 Å². The molecule has 1 aromatic heterocycles. The molecule has 0 saturated heterocycles. The van der Waals surface area contributed by atoms with Crippen molar-refractivity contribution in [3.8, 4) is 5.75 Å². The monoisotopic (exact) mass is 221 g/mol. The first kappa shape index (κ1) is 11.3. The first-order chi connectivity index (χ1) is 6.88. The number of aromatic carboxylic acids is 1. The van der Waals surface area contributed by atoms with Gasteiger partial charge in [0.05, 0.1) is 0 Å². The van der Waals surface area contributed by atoms with E-state index in [1.54, 1.807) is 0 Å². The van der Waals surface area contributed by atoms with E-state index in [2.05, 4.69) is 9.72 Å². The Hall–Kier alpha value is -1.79. The molecule has 0 aliphatic carbocycles. The van der Waals surface area contributed by atoms with Gasteiger partial charge in [-0.05, 0) is 6.07 Å². The summed E-state index contributed by atoms with van der Waals surface area (Å²) in [5, 5.41) is 8.50. The van der Waals surface area contributed by atoms with Crippen LogP contribution in [0, 0.1) is 0 Å². The average Bonchev–Trinajstić information content (AvgIpc) is 2.14. The summed E-state index contributed by atoms with van der Waals surface area (Å²) in [6.07, 6.45) is -3.39. The van der Waals surface area contributed by atoms with E-state index in [-0.39, 0.29) is 11.4 Å². The number of hydrogen-bond donors (Lipinski definition) is 1. The molecule has 0 unspecified atom stereocenters. The van der Waals surface area contributed by atoms with Crippen molar-refractivity contribution < 1.29 is 27.8 Å². The van der Waals surface area contributed by atoms with Crippen molar-refractivity contribution in [1.29, 1.82) is 0 Å². The molecule has 0 aliphatic rings. The van der Waals surface area contributed by atoms with Crippen molar-refractivity contribution in [1.82, 2.24) is 4.98 Å². The number of pyridine rings is 1. The molecule has 7 heteroatoms. The fourth-order valence-electron chi connectivity index (χ4n) is 0.783. The van der Waals surface area contributed by atoms with Crippen LogP contribution < -0.4 is 4.74 Å². The highest BCUT2D eigenvalue weighted by Gasteiger charge is 2.28. The van der Waals surface area contributed by atoms with Crippen molar-refractivity contribution in [3.63, 3.8) is 0 Å². The van der Waals surface area contributed by atoms with E-state index in [1.165, 1.54) is 0 Å². The molecule has 0 spiro atoms. The van der Waals surface area contributed by atoms with Gasteiger partial charge < -0.3 is 9.84 Å². The van der Waals surface area contributed by atoms with Crippen molar-refractivity contribution in [2.75, 3.05) is 6.61 Å². The van der Waals surface area contributed by atoms with Gasteiger partial charge in [0.25, 0.3) is 0 Å². The highest BCUT2D eigenvalue weighted by atomic mass is 19.4. The zero-order valence-corrected chi connectivity index (χ0v) is 7.28. The minimum Gasteiger partial charge on any atom is -0.484 e. The molecule has 0 radical (unpaired) electrons. The molecule has 0 saturated carbocycles. The summed E-state index contributed by atoms with van der Waals surface area (Å²) < 4.78 is 39.6. The van der Waals surface area contributed by atoms with E-state index >= 15 is 0 Å². The Morgan fingerprint density at radius 1 is 1.53 bits per heavy atom. The summed E-state index contributed by atoms with van der Waals surface area (Å²) in [6, 6.07) is 2.08. The maximum atomic E-state index is 11.7. The van der Waals surface area contributed by atoms with E-state index in [4.69, 9.17) is 5.11 Å². The molecule has 15 heavy (non-hydrogen) atoms. The molecule has 4 nitrogen and oxygen atoms in total. The molecule has 0 aromatic carbocycles. The summed E-state index contributed by atoms with van der Waals surface area (Å²) in [5.41, 5.74) is -0.366. The number of rotatable bonds is 3. The number of carboxylic acid groups (broad SMARTS) is 1. The molecule has 0 bridgehead atoms. The number of ether oxygens (including phenoxy) is 1. The minimum atomic E-state index is -4.45. The molecular formula is C8H6F3NO3. The number of nitrogens with zero attached hydrogens (tertiary/aromatic N) is 1. The molecule has 1 aromatic rings. The smallest absolute Gasteiger partial charge is 0.422 e. The summed E-state index contributed by atoms with van der Waals surface area (Å²) in [7, 11) is 0. The Kier molecular flexibility index (Phi) is 3.13. The Morgan fingerprint density at radius 3 is 2.73 bits per heavy atom. The summed E-state index contributed by atoms with van der Waals surface area (Å²) >= 11 is 0. The molecule has 82 valence electrons. The predicted molar refractivity (Wildman–Crippen MR) is 42.7 cm³/mol. The van der Waals surface area contributed by atoms with Crippen molar-refractivity contribution in [2.24, 2.45) is 0 Å². The fraction of sp³-hybridized carbons (Fsp3) is 0.250. The minimum absolute atomic E-state index is 0.181. The lowest BCUT2D eigenvalue weighted by Crippen LogP contribution is -2.19. The highest BCUT2D eigenvalue weighted by Crippen LogP contribution is 2.18. The molecule has 0 amide bonds. The summed E-state index contributed by atoms with van der Waals surface area (Å²) in [6.45, 7) is -1.46. The lowest BCUT2D eigenvalue weighted by Gasteiger charge is -2.08. The first-order valence-corrected chi connectivity index (χ1v) is 3.77.